The normalized spacial score (nSPS) is 25.2. The first-order chi connectivity index (χ1) is 13.3. The molecular weight excluding hydrogens is 362 g/mol. The highest BCUT2D eigenvalue weighted by atomic mass is 16.6. The van der Waals surface area contributed by atoms with Gasteiger partial charge in [-0.05, 0) is 51.8 Å². The van der Waals surface area contributed by atoms with Crippen LogP contribution in [0.1, 0.15) is 50.8 Å². The second-order valence-corrected chi connectivity index (χ2v) is 7.55. The molecule has 8 nitrogen and oxygen atoms in total. The zero-order chi connectivity index (χ0) is 20.5. The van der Waals surface area contributed by atoms with Crippen LogP contribution in [0.4, 0.5) is 4.79 Å². The van der Waals surface area contributed by atoms with E-state index in [1.807, 2.05) is 0 Å². The molecule has 3 atom stereocenters. The summed E-state index contributed by atoms with van der Waals surface area (Å²) >= 11 is 0. The van der Waals surface area contributed by atoms with Crippen molar-refractivity contribution in [3.8, 4) is 11.8 Å². The molecule has 28 heavy (non-hydrogen) atoms. The Kier molecular flexibility index (Phi) is 5.47. The first-order valence-electron chi connectivity index (χ1n) is 9.43. The summed E-state index contributed by atoms with van der Waals surface area (Å²) in [6.07, 6.45) is -0.317. The van der Waals surface area contributed by atoms with Crippen molar-refractivity contribution in [2.45, 2.75) is 57.4 Å². The first-order valence-corrected chi connectivity index (χ1v) is 9.43. The fourth-order valence-corrected chi connectivity index (χ4v) is 3.74. The number of rotatable bonds is 3. The maximum Gasteiger partial charge on any atom is 0.410 e. The number of nitrogens with zero attached hydrogens (tertiary/aromatic N) is 2. The van der Waals surface area contributed by atoms with E-state index in [2.05, 4.69) is 11.4 Å². The fraction of sp³-hybridized carbons (Fsp3) is 0.550. The number of aliphatic hydroxyl groups excluding tert-OH is 1. The van der Waals surface area contributed by atoms with Crippen molar-refractivity contribution in [1.82, 2.24) is 10.2 Å². The molecule has 150 valence electrons. The number of hydrogen-bond acceptors (Lipinski definition) is 6. The van der Waals surface area contributed by atoms with Gasteiger partial charge in [0.1, 0.15) is 23.5 Å². The minimum Gasteiger partial charge on any atom is -0.485 e. The van der Waals surface area contributed by atoms with E-state index >= 15 is 0 Å². The van der Waals surface area contributed by atoms with Gasteiger partial charge in [0.15, 0.2) is 0 Å². The van der Waals surface area contributed by atoms with E-state index in [0.29, 0.717) is 36.3 Å². The summed E-state index contributed by atoms with van der Waals surface area (Å²) in [6, 6.07) is 5.55. The average Bonchev–Trinajstić information content (AvgIpc) is 3.15. The van der Waals surface area contributed by atoms with Gasteiger partial charge >= 0.3 is 6.09 Å². The molecule has 0 aromatic heterocycles. The summed E-state index contributed by atoms with van der Waals surface area (Å²) in [4.78, 5) is 26.5. The van der Waals surface area contributed by atoms with E-state index in [1.165, 1.54) is 4.90 Å². The zero-order valence-electron chi connectivity index (χ0n) is 16.3. The molecular formula is C20H25N3O5. The molecule has 2 aliphatic heterocycles. The van der Waals surface area contributed by atoms with Crippen LogP contribution in [-0.2, 0) is 9.53 Å². The van der Waals surface area contributed by atoms with E-state index < -0.39 is 29.9 Å². The van der Waals surface area contributed by atoms with Crippen molar-refractivity contribution >= 4 is 12.0 Å². The van der Waals surface area contributed by atoms with Gasteiger partial charge in [0.2, 0.25) is 5.91 Å². The summed E-state index contributed by atoms with van der Waals surface area (Å²) in [7, 11) is 0. The molecule has 0 radical (unpaired) electrons. The maximum atomic E-state index is 13.0. The molecule has 0 saturated carbocycles. The molecule has 0 aliphatic carbocycles. The highest BCUT2D eigenvalue weighted by Crippen LogP contribution is 2.40. The molecule has 0 spiro atoms. The number of carbonyl (C=O) groups excluding carboxylic acids is 2. The molecule has 0 bridgehead atoms. The lowest BCUT2D eigenvalue weighted by atomic mass is 9.85. The van der Waals surface area contributed by atoms with Gasteiger partial charge in [0, 0.05) is 12.1 Å². The van der Waals surface area contributed by atoms with Crippen LogP contribution in [0.3, 0.4) is 0 Å². The topological polar surface area (TPSA) is 112 Å². The number of ether oxygens (including phenoxy) is 2. The van der Waals surface area contributed by atoms with E-state index in [0.717, 1.165) is 0 Å². The largest absolute Gasteiger partial charge is 0.485 e. The predicted molar refractivity (Wildman–Crippen MR) is 99.5 cm³/mol. The lowest BCUT2D eigenvalue weighted by molar-refractivity contribution is -0.129. The van der Waals surface area contributed by atoms with Crippen molar-refractivity contribution in [3.05, 3.63) is 29.3 Å². The number of fused-ring (bicyclic) bond motifs is 1. The molecule has 1 saturated heterocycles. The Morgan fingerprint density at radius 1 is 1.46 bits per heavy atom. The molecule has 2 heterocycles. The van der Waals surface area contributed by atoms with E-state index in [9.17, 15) is 20.0 Å². The molecule has 1 fully saturated rings. The van der Waals surface area contributed by atoms with Gasteiger partial charge < -0.3 is 19.9 Å². The van der Waals surface area contributed by atoms with Gasteiger partial charge in [-0.25, -0.2) is 4.79 Å². The highest BCUT2D eigenvalue weighted by Gasteiger charge is 2.45. The second-order valence-electron chi connectivity index (χ2n) is 7.55. The molecule has 1 aromatic rings. The summed E-state index contributed by atoms with van der Waals surface area (Å²) in [6.45, 7) is 5.87. The van der Waals surface area contributed by atoms with Crippen molar-refractivity contribution in [2.75, 3.05) is 13.2 Å². The van der Waals surface area contributed by atoms with Crippen LogP contribution in [0.25, 0.3) is 0 Å². The predicted octanol–water partition coefficient (Wildman–Crippen LogP) is 1.87. The lowest BCUT2D eigenvalue weighted by Gasteiger charge is -2.42. The Labute approximate surface area is 164 Å². The van der Waals surface area contributed by atoms with Crippen LogP contribution in [0, 0.1) is 11.3 Å². The molecule has 2 amide bonds. The van der Waals surface area contributed by atoms with Crippen LogP contribution < -0.4 is 10.1 Å². The zero-order valence-corrected chi connectivity index (χ0v) is 16.3. The van der Waals surface area contributed by atoms with Crippen LogP contribution in [-0.4, -0.2) is 52.9 Å². The standard InChI is InChI=1S/C20H25N3O5/c1-4-27-19(26)23-9-5-6-14(23)18(25)22-16-13-10-12(11-21)7-8-15(13)28-20(2,3)17(16)24/h7-8,10,14,16-17,24H,4-6,9H2,1-3H3,(H,22,25)/t14-,16+,17-/m0/s1. The lowest BCUT2D eigenvalue weighted by Crippen LogP contribution is -2.56. The quantitative estimate of drug-likeness (QED) is 0.819. The van der Waals surface area contributed by atoms with Gasteiger partial charge in [-0.1, -0.05) is 0 Å². The van der Waals surface area contributed by atoms with Crippen molar-refractivity contribution in [3.63, 3.8) is 0 Å². The molecule has 3 rings (SSSR count). The SMILES string of the molecule is CCOC(=O)N1CCC[C@H]1C(=O)N[C@@H]1c2cc(C#N)ccc2OC(C)(C)[C@H]1O. The van der Waals surface area contributed by atoms with Crippen LogP contribution in [0.15, 0.2) is 18.2 Å². The monoisotopic (exact) mass is 387 g/mol. The third-order valence-corrected chi connectivity index (χ3v) is 5.23. The molecule has 0 unspecified atom stereocenters. The number of nitriles is 1. The number of hydrogen-bond donors (Lipinski definition) is 2. The summed E-state index contributed by atoms with van der Waals surface area (Å²) in [5, 5.41) is 22.9. The summed E-state index contributed by atoms with van der Waals surface area (Å²) < 4.78 is 10.9. The Morgan fingerprint density at radius 2 is 2.21 bits per heavy atom. The van der Waals surface area contributed by atoms with Gasteiger partial charge in [0.25, 0.3) is 0 Å². The van der Waals surface area contributed by atoms with Crippen molar-refractivity contribution in [2.24, 2.45) is 0 Å². The minimum atomic E-state index is -1.03. The maximum absolute atomic E-state index is 13.0. The minimum absolute atomic E-state index is 0.237. The third-order valence-electron chi connectivity index (χ3n) is 5.23. The number of likely N-dealkylation sites (tertiary alicyclic amines) is 1. The van der Waals surface area contributed by atoms with Gasteiger partial charge in [-0.3, -0.25) is 9.69 Å². The molecule has 8 heteroatoms. The van der Waals surface area contributed by atoms with Gasteiger partial charge in [0.05, 0.1) is 24.3 Å². The number of carbonyl (C=O) groups is 2. The van der Waals surface area contributed by atoms with Crippen LogP contribution in [0.2, 0.25) is 0 Å². The van der Waals surface area contributed by atoms with Crippen LogP contribution >= 0.6 is 0 Å². The number of amides is 2. The highest BCUT2D eigenvalue weighted by molar-refractivity contribution is 5.86. The first kappa shape index (κ1) is 20.0. The van der Waals surface area contributed by atoms with E-state index in [-0.39, 0.29) is 12.5 Å². The Morgan fingerprint density at radius 3 is 2.89 bits per heavy atom. The Hall–Kier alpha value is -2.79. The third kappa shape index (κ3) is 3.62. The number of nitrogens with one attached hydrogen (secondary N) is 1. The smallest absolute Gasteiger partial charge is 0.410 e. The van der Waals surface area contributed by atoms with Crippen molar-refractivity contribution in [1.29, 1.82) is 5.26 Å². The molecule has 1 aromatic carbocycles. The molecule has 2 N–H and O–H groups in total. The van der Waals surface area contributed by atoms with E-state index in [1.54, 1.807) is 39.0 Å². The number of aliphatic hydroxyl groups is 1. The Balaban J connectivity index is 1.87. The number of benzene rings is 1. The summed E-state index contributed by atoms with van der Waals surface area (Å²) in [5.74, 6) is 0.147. The second kappa shape index (κ2) is 7.68. The Bertz CT molecular complexity index is 817. The molecule has 2 aliphatic rings. The van der Waals surface area contributed by atoms with Gasteiger partial charge in [-0.15, -0.1) is 0 Å². The van der Waals surface area contributed by atoms with Gasteiger partial charge in [-0.2, -0.15) is 5.26 Å². The average molecular weight is 387 g/mol. The fourth-order valence-electron chi connectivity index (χ4n) is 3.74. The summed E-state index contributed by atoms with van der Waals surface area (Å²) in [5.41, 5.74) is 0.0118. The van der Waals surface area contributed by atoms with Crippen molar-refractivity contribution < 1.29 is 24.2 Å². The van der Waals surface area contributed by atoms with Crippen LogP contribution in [0.5, 0.6) is 5.75 Å². The van der Waals surface area contributed by atoms with E-state index in [4.69, 9.17) is 9.47 Å².